The summed E-state index contributed by atoms with van der Waals surface area (Å²) >= 11 is 0. The van der Waals surface area contributed by atoms with Gasteiger partial charge in [0.15, 0.2) is 11.8 Å². The number of unbranched alkanes of at least 4 members (excludes halogenated alkanes) is 1. The van der Waals surface area contributed by atoms with Crippen molar-refractivity contribution in [3.63, 3.8) is 0 Å². The van der Waals surface area contributed by atoms with Crippen LogP contribution in [0.5, 0.6) is 0 Å². The predicted molar refractivity (Wildman–Crippen MR) is 93.5 cm³/mol. The quantitative estimate of drug-likeness (QED) is 0.455. The molecule has 1 aromatic heterocycles. The Kier molecular flexibility index (Phi) is 9.52. The van der Waals surface area contributed by atoms with E-state index < -0.39 is 0 Å². The highest BCUT2D eigenvalue weighted by Gasteiger charge is 2.07. The van der Waals surface area contributed by atoms with Crippen LogP contribution in [-0.4, -0.2) is 45.8 Å². The molecule has 7 heteroatoms. The van der Waals surface area contributed by atoms with Crippen molar-refractivity contribution in [2.24, 2.45) is 12.0 Å². The average Bonchev–Trinajstić information content (AvgIpc) is 2.72. The van der Waals surface area contributed by atoms with E-state index in [4.69, 9.17) is 0 Å². The van der Waals surface area contributed by atoms with Crippen molar-refractivity contribution in [3.8, 4) is 0 Å². The van der Waals surface area contributed by atoms with E-state index in [2.05, 4.69) is 46.3 Å². The molecular formula is C13H27IN6. The summed E-state index contributed by atoms with van der Waals surface area (Å²) in [6, 6.07) is 0. The fourth-order valence-corrected chi connectivity index (χ4v) is 1.71. The highest BCUT2D eigenvalue weighted by atomic mass is 127. The Labute approximate surface area is 139 Å². The molecule has 1 aromatic rings. The lowest BCUT2D eigenvalue weighted by molar-refractivity contribution is 0.464. The lowest BCUT2D eigenvalue weighted by Crippen LogP contribution is -2.39. The molecule has 0 aliphatic carbocycles. The largest absolute Gasteiger partial charge is 0.357 e. The van der Waals surface area contributed by atoms with Crippen molar-refractivity contribution < 1.29 is 0 Å². The van der Waals surface area contributed by atoms with Gasteiger partial charge in [0.2, 0.25) is 0 Å². The van der Waals surface area contributed by atoms with E-state index in [1.54, 1.807) is 0 Å². The molecule has 0 amide bonds. The normalized spacial score (nSPS) is 11.2. The van der Waals surface area contributed by atoms with E-state index in [0.717, 1.165) is 30.7 Å². The monoisotopic (exact) mass is 394 g/mol. The molecule has 0 aromatic carbocycles. The number of aryl methyl sites for hydroxylation is 1. The van der Waals surface area contributed by atoms with E-state index in [-0.39, 0.29) is 24.0 Å². The highest BCUT2D eigenvalue weighted by Crippen LogP contribution is 2.00. The molecule has 0 spiro atoms. The molecule has 0 radical (unpaired) electrons. The second kappa shape index (κ2) is 9.95. The van der Waals surface area contributed by atoms with Crippen molar-refractivity contribution in [3.05, 3.63) is 11.6 Å². The maximum atomic E-state index is 4.62. The maximum Gasteiger partial charge on any atom is 0.194 e. The summed E-state index contributed by atoms with van der Waals surface area (Å²) in [5.41, 5.74) is 0. The number of nitrogens with zero attached hydrogens (tertiary/aromatic N) is 5. The van der Waals surface area contributed by atoms with Crippen molar-refractivity contribution >= 4 is 29.9 Å². The van der Waals surface area contributed by atoms with Gasteiger partial charge in [0.1, 0.15) is 12.4 Å². The van der Waals surface area contributed by atoms with Gasteiger partial charge in [-0.3, -0.25) is 0 Å². The first-order valence-corrected chi connectivity index (χ1v) is 6.94. The summed E-state index contributed by atoms with van der Waals surface area (Å²) in [5.74, 6) is 2.72. The first-order chi connectivity index (χ1) is 9.10. The number of guanidine groups is 1. The summed E-state index contributed by atoms with van der Waals surface area (Å²) in [7, 11) is 4.03. The summed E-state index contributed by atoms with van der Waals surface area (Å²) < 4.78 is 1.97. The molecule has 0 bridgehead atoms. The summed E-state index contributed by atoms with van der Waals surface area (Å²) in [6.07, 6.45) is 2.36. The summed E-state index contributed by atoms with van der Waals surface area (Å²) in [5, 5.41) is 11.5. The Hall–Kier alpha value is -0.860. The number of aromatic nitrogens is 3. The van der Waals surface area contributed by atoms with Crippen LogP contribution in [-0.2, 0) is 13.6 Å². The van der Waals surface area contributed by atoms with Crippen LogP contribution in [0.25, 0.3) is 0 Å². The fourth-order valence-electron chi connectivity index (χ4n) is 1.71. The van der Waals surface area contributed by atoms with Gasteiger partial charge in [-0.1, -0.05) is 13.3 Å². The number of hydrogen-bond donors (Lipinski definition) is 1. The molecule has 0 fully saturated rings. The molecule has 0 unspecified atom stereocenters. The van der Waals surface area contributed by atoms with Gasteiger partial charge in [-0.15, -0.1) is 34.2 Å². The third-order valence-electron chi connectivity index (χ3n) is 3.10. The van der Waals surface area contributed by atoms with Crippen LogP contribution >= 0.6 is 24.0 Å². The SMILES string of the molecule is CCCCN(C)C(=NCc1nnc(C)n1C)NCC.I. The van der Waals surface area contributed by atoms with Crippen LogP contribution < -0.4 is 5.32 Å². The van der Waals surface area contributed by atoms with Gasteiger partial charge in [-0.25, -0.2) is 4.99 Å². The minimum Gasteiger partial charge on any atom is -0.357 e. The smallest absolute Gasteiger partial charge is 0.194 e. The standard InChI is InChI=1S/C13H26N6.HI/c1-6-8-9-18(4)13(14-7-2)15-10-12-17-16-11(3)19(12)5;/h6-10H2,1-5H3,(H,14,15);1H. The number of nitrogens with one attached hydrogen (secondary N) is 1. The molecule has 0 saturated carbocycles. The van der Waals surface area contributed by atoms with Crippen molar-refractivity contribution in [2.45, 2.75) is 40.2 Å². The second-order valence-corrected chi connectivity index (χ2v) is 4.67. The van der Waals surface area contributed by atoms with Gasteiger partial charge in [-0.2, -0.15) is 0 Å². The van der Waals surface area contributed by atoms with E-state index >= 15 is 0 Å². The number of rotatable bonds is 6. The van der Waals surface area contributed by atoms with Crippen molar-refractivity contribution in [1.29, 1.82) is 0 Å². The zero-order valence-electron chi connectivity index (χ0n) is 13.2. The number of hydrogen-bond acceptors (Lipinski definition) is 3. The molecule has 0 saturated heterocycles. The van der Waals surface area contributed by atoms with Gasteiger partial charge in [0.25, 0.3) is 0 Å². The van der Waals surface area contributed by atoms with E-state index in [1.165, 1.54) is 12.8 Å². The zero-order valence-corrected chi connectivity index (χ0v) is 15.5. The molecular weight excluding hydrogens is 367 g/mol. The lowest BCUT2D eigenvalue weighted by atomic mass is 10.3. The van der Waals surface area contributed by atoms with Crippen LogP contribution in [0.3, 0.4) is 0 Å². The minimum absolute atomic E-state index is 0. The number of halogens is 1. The van der Waals surface area contributed by atoms with Crippen molar-refractivity contribution in [2.75, 3.05) is 20.1 Å². The van der Waals surface area contributed by atoms with Crippen molar-refractivity contribution in [1.82, 2.24) is 25.0 Å². The van der Waals surface area contributed by atoms with Gasteiger partial charge in [0, 0.05) is 27.2 Å². The molecule has 0 aliphatic heterocycles. The Morgan fingerprint density at radius 3 is 2.55 bits per heavy atom. The second-order valence-electron chi connectivity index (χ2n) is 4.67. The Bertz CT molecular complexity index is 415. The Morgan fingerprint density at radius 1 is 1.35 bits per heavy atom. The summed E-state index contributed by atoms with van der Waals surface area (Å²) in [6.45, 7) is 8.65. The molecule has 0 aliphatic rings. The molecule has 20 heavy (non-hydrogen) atoms. The summed E-state index contributed by atoms with van der Waals surface area (Å²) in [4.78, 5) is 6.78. The third kappa shape index (κ3) is 5.64. The first kappa shape index (κ1) is 19.1. The van der Waals surface area contributed by atoms with Crippen LogP contribution in [0.2, 0.25) is 0 Å². The Morgan fingerprint density at radius 2 is 2.05 bits per heavy atom. The molecule has 1 heterocycles. The Balaban J connectivity index is 0.00000361. The minimum atomic E-state index is 0. The van der Waals surface area contributed by atoms with Gasteiger partial charge < -0.3 is 14.8 Å². The highest BCUT2D eigenvalue weighted by molar-refractivity contribution is 14.0. The topological polar surface area (TPSA) is 58.3 Å². The fraction of sp³-hybridized carbons (Fsp3) is 0.769. The van der Waals surface area contributed by atoms with E-state index in [0.29, 0.717) is 6.54 Å². The average molecular weight is 394 g/mol. The van der Waals surface area contributed by atoms with Gasteiger partial charge in [0.05, 0.1) is 0 Å². The van der Waals surface area contributed by atoms with Gasteiger partial charge in [-0.05, 0) is 20.3 Å². The van der Waals surface area contributed by atoms with E-state index in [9.17, 15) is 0 Å². The van der Waals surface area contributed by atoms with Crippen LogP contribution in [0.1, 0.15) is 38.3 Å². The molecule has 1 rings (SSSR count). The maximum absolute atomic E-state index is 4.62. The molecule has 6 nitrogen and oxygen atoms in total. The van der Waals surface area contributed by atoms with Gasteiger partial charge >= 0.3 is 0 Å². The molecule has 0 atom stereocenters. The first-order valence-electron chi connectivity index (χ1n) is 6.94. The zero-order chi connectivity index (χ0) is 14.3. The molecule has 116 valence electrons. The molecule has 1 N–H and O–H groups in total. The predicted octanol–water partition coefficient (Wildman–Crippen LogP) is 1.94. The van der Waals surface area contributed by atoms with E-state index in [1.807, 2.05) is 18.5 Å². The third-order valence-corrected chi connectivity index (χ3v) is 3.10. The number of aliphatic imine (C=N–C) groups is 1. The van der Waals surface area contributed by atoms with Crippen LogP contribution in [0.15, 0.2) is 4.99 Å². The lowest BCUT2D eigenvalue weighted by Gasteiger charge is -2.21. The van der Waals surface area contributed by atoms with Crippen LogP contribution in [0.4, 0.5) is 0 Å². The van der Waals surface area contributed by atoms with Crippen LogP contribution in [0, 0.1) is 6.92 Å².